The van der Waals surface area contributed by atoms with E-state index < -0.39 is 0 Å². The Kier molecular flexibility index (Phi) is 4.18. The summed E-state index contributed by atoms with van der Waals surface area (Å²) in [5.74, 6) is 0.306. The number of hydrogen-bond acceptors (Lipinski definition) is 5. The van der Waals surface area contributed by atoms with Gasteiger partial charge in [0.2, 0.25) is 11.8 Å². The fourth-order valence-corrected chi connectivity index (χ4v) is 3.07. The molecule has 0 radical (unpaired) electrons. The van der Waals surface area contributed by atoms with Crippen LogP contribution in [-0.2, 0) is 14.4 Å². The van der Waals surface area contributed by atoms with E-state index in [0.717, 1.165) is 43.6 Å². The van der Waals surface area contributed by atoms with Crippen LogP contribution in [0.4, 0.5) is 5.82 Å². The van der Waals surface area contributed by atoms with Crippen molar-refractivity contribution in [2.75, 3.05) is 18.0 Å². The van der Waals surface area contributed by atoms with E-state index in [9.17, 15) is 14.4 Å². The zero-order valence-electron chi connectivity index (χ0n) is 12.3. The monoisotopic (exact) mass is 301 g/mol. The minimum atomic E-state index is -0.292. The number of pyridine rings is 1. The number of amides is 2. The van der Waals surface area contributed by atoms with Crippen molar-refractivity contribution in [2.24, 2.45) is 5.92 Å². The minimum absolute atomic E-state index is 0.166. The van der Waals surface area contributed by atoms with E-state index in [-0.39, 0.29) is 23.7 Å². The molecule has 0 saturated carbocycles. The molecule has 6 nitrogen and oxygen atoms in total. The van der Waals surface area contributed by atoms with Crippen molar-refractivity contribution < 1.29 is 14.4 Å². The molecule has 0 spiro atoms. The average molecular weight is 301 g/mol. The third-order valence-corrected chi connectivity index (χ3v) is 4.47. The molecule has 0 aliphatic carbocycles. The molecule has 2 amide bonds. The third kappa shape index (κ3) is 3.00. The molecule has 6 heteroatoms. The summed E-state index contributed by atoms with van der Waals surface area (Å²) >= 11 is 0. The molecular weight excluding hydrogens is 282 g/mol. The quantitative estimate of drug-likeness (QED) is 0.666. The number of hydrogen-bond donors (Lipinski definition) is 1. The number of rotatable bonds is 3. The van der Waals surface area contributed by atoms with Crippen LogP contribution in [0.3, 0.4) is 0 Å². The highest BCUT2D eigenvalue weighted by Crippen LogP contribution is 2.26. The Morgan fingerprint density at radius 2 is 1.95 bits per heavy atom. The summed E-state index contributed by atoms with van der Waals surface area (Å²) in [5, 5.41) is 2.37. The Morgan fingerprint density at radius 3 is 2.55 bits per heavy atom. The first-order chi connectivity index (χ1) is 10.7. The number of carbonyl (C=O) groups is 3. The largest absolute Gasteiger partial charge is 0.357 e. The lowest BCUT2D eigenvalue weighted by Crippen LogP contribution is -2.39. The smallest absolute Gasteiger partial charge is 0.234 e. The molecule has 1 N–H and O–H groups in total. The van der Waals surface area contributed by atoms with Gasteiger partial charge in [-0.1, -0.05) is 6.07 Å². The van der Waals surface area contributed by atoms with Crippen LogP contribution in [0.25, 0.3) is 0 Å². The molecule has 2 fully saturated rings. The number of aldehydes is 1. The molecular formula is C16H19N3O3. The van der Waals surface area contributed by atoms with Crippen molar-refractivity contribution in [3.8, 4) is 0 Å². The number of imide groups is 1. The van der Waals surface area contributed by atoms with E-state index in [2.05, 4.69) is 15.2 Å². The molecule has 22 heavy (non-hydrogen) atoms. The van der Waals surface area contributed by atoms with Crippen molar-refractivity contribution in [2.45, 2.75) is 31.6 Å². The topological polar surface area (TPSA) is 79.4 Å². The molecule has 0 bridgehead atoms. The van der Waals surface area contributed by atoms with Crippen molar-refractivity contribution in [1.82, 2.24) is 10.3 Å². The van der Waals surface area contributed by atoms with Gasteiger partial charge in [-0.3, -0.25) is 14.9 Å². The van der Waals surface area contributed by atoms with Crippen LogP contribution >= 0.6 is 0 Å². The number of nitrogens with zero attached hydrogens (tertiary/aromatic N) is 2. The molecule has 1 aromatic rings. The summed E-state index contributed by atoms with van der Waals surface area (Å²) in [6, 6.07) is 3.83. The van der Waals surface area contributed by atoms with Gasteiger partial charge in [0.05, 0.1) is 5.92 Å². The van der Waals surface area contributed by atoms with E-state index in [1.165, 1.54) is 0 Å². The molecule has 2 aliphatic rings. The summed E-state index contributed by atoms with van der Waals surface area (Å²) in [6.45, 7) is 1.66. The lowest BCUT2D eigenvalue weighted by Gasteiger charge is -2.30. The van der Waals surface area contributed by atoms with Gasteiger partial charge in [-0.05, 0) is 30.9 Å². The SMILES string of the molecule is O=CC1CCN(c2ccc(C3CCC(=O)NC3=O)cn2)CC1. The first-order valence-electron chi connectivity index (χ1n) is 7.67. The fraction of sp³-hybridized carbons (Fsp3) is 0.500. The van der Waals surface area contributed by atoms with Crippen LogP contribution in [0, 0.1) is 5.92 Å². The molecule has 1 aromatic heterocycles. The molecule has 3 heterocycles. The molecule has 2 saturated heterocycles. The molecule has 1 unspecified atom stereocenters. The van der Waals surface area contributed by atoms with Crippen LogP contribution in [0.2, 0.25) is 0 Å². The number of piperidine rings is 2. The summed E-state index contributed by atoms with van der Waals surface area (Å²) < 4.78 is 0. The van der Waals surface area contributed by atoms with Crippen LogP contribution < -0.4 is 10.2 Å². The van der Waals surface area contributed by atoms with E-state index in [0.29, 0.717) is 12.8 Å². The predicted octanol–water partition coefficient (Wildman–Crippen LogP) is 1.02. The minimum Gasteiger partial charge on any atom is -0.357 e. The zero-order valence-corrected chi connectivity index (χ0v) is 12.3. The summed E-state index contributed by atoms with van der Waals surface area (Å²) in [5.41, 5.74) is 0.844. The summed E-state index contributed by atoms with van der Waals surface area (Å²) in [6.07, 6.45) is 5.39. The lowest BCUT2D eigenvalue weighted by molar-refractivity contribution is -0.134. The van der Waals surface area contributed by atoms with Crippen molar-refractivity contribution in [3.05, 3.63) is 23.9 Å². The Labute approximate surface area is 128 Å². The molecule has 116 valence electrons. The highest BCUT2D eigenvalue weighted by molar-refractivity contribution is 6.00. The fourth-order valence-electron chi connectivity index (χ4n) is 3.07. The first-order valence-corrected chi connectivity index (χ1v) is 7.67. The number of anilines is 1. The predicted molar refractivity (Wildman–Crippen MR) is 80.4 cm³/mol. The van der Waals surface area contributed by atoms with Gasteiger partial charge in [0, 0.05) is 31.6 Å². The van der Waals surface area contributed by atoms with Crippen LogP contribution in [0.15, 0.2) is 18.3 Å². The zero-order chi connectivity index (χ0) is 15.5. The first kappa shape index (κ1) is 14.7. The van der Waals surface area contributed by atoms with Crippen LogP contribution in [0.5, 0.6) is 0 Å². The number of aromatic nitrogens is 1. The van der Waals surface area contributed by atoms with Crippen LogP contribution in [-0.4, -0.2) is 36.2 Å². The standard InChI is InChI=1S/C16H19N3O3/c20-10-11-5-7-19(8-6-11)14-3-1-12(9-17-14)13-2-4-15(21)18-16(13)22/h1,3,9-11,13H,2,4-8H2,(H,18,21,22). The van der Waals surface area contributed by atoms with E-state index in [1.54, 1.807) is 6.20 Å². The van der Waals surface area contributed by atoms with Gasteiger partial charge in [-0.15, -0.1) is 0 Å². The average Bonchev–Trinajstić information content (AvgIpc) is 2.55. The van der Waals surface area contributed by atoms with Gasteiger partial charge >= 0.3 is 0 Å². The molecule has 1 atom stereocenters. The molecule has 0 aromatic carbocycles. The Morgan fingerprint density at radius 1 is 1.18 bits per heavy atom. The Bertz CT molecular complexity index is 577. The second-order valence-electron chi connectivity index (χ2n) is 5.91. The number of nitrogens with one attached hydrogen (secondary N) is 1. The van der Waals surface area contributed by atoms with Gasteiger partial charge in [-0.2, -0.15) is 0 Å². The van der Waals surface area contributed by atoms with Gasteiger partial charge in [0.1, 0.15) is 12.1 Å². The van der Waals surface area contributed by atoms with E-state index in [4.69, 9.17) is 0 Å². The van der Waals surface area contributed by atoms with Crippen LogP contribution in [0.1, 0.15) is 37.2 Å². The molecule has 3 rings (SSSR count). The third-order valence-electron chi connectivity index (χ3n) is 4.47. The maximum absolute atomic E-state index is 11.9. The maximum Gasteiger partial charge on any atom is 0.234 e. The van der Waals surface area contributed by atoms with Gasteiger partial charge < -0.3 is 9.69 Å². The van der Waals surface area contributed by atoms with Crippen molar-refractivity contribution >= 4 is 23.9 Å². The summed E-state index contributed by atoms with van der Waals surface area (Å²) in [7, 11) is 0. The van der Waals surface area contributed by atoms with Gasteiger partial charge in [-0.25, -0.2) is 4.98 Å². The highest BCUT2D eigenvalue weighted by atomic mass is 16.2. The van der Waals surface area contributed by atoms with Gasteiger partial charge in [0.15, 0.2) is 0 Å². The normalized spacial score (nSPS) is 23.3. The van der Waals surface area contributed by atoms with Crippen molar-refractivity contribution in [1.29, 1.82) is 0 Å². The van der Waals surface area contributed by atoms with Crippen molar-refractivity contribution in [3.63, 3.8) is 0 Å². The summed E-state index contributed by atoms with van der Waals surface area (Å²) in [4.78, 5) is 40.4. The van der Waals surface area contributed by atoms with E-state index >= 15 is 0 Å². The number of carbonyl (C=O) groups excluding carboxylic acids is 3. The Balaban J connectivity index is 1.67. The second-order valence-corrected chi connectivity index (χ2v) is 5.91. The highest BCUT2D eigenvalue weighted by Gasteiger charge is 2.28. The maximum atomic E-state index is 11.9. The lowest BCUT2D eigenvalue weighted by atomic mass is 9.91. The Hall–Kier alpha value is -2.24. The van der Waals surface area contributed by atoms with Gasteiger partial charge in [0.25, 0.3) is 0 Å². The second kappa shape index (κ2) is 6.25. The molecule has 2 aliphatic heterocycles. The van der Waals surface area contributed by atoms with E-state index in [1.807, 2.05) is 12.1 Å².